The van der Waals surface area contributed by atoms with Crippen molar-refractivity contribution >= 4 is 5.97 Å². The van der Waals surface area contributed by atoms with Gasteiger partial charge in [0.05, 0.1) is 25.3 Å². The maximum absolute atomic E-state index is 13.8. The molecule has 0 fully saturated rings. The minimum Gasteiger partial charge on any atom is -0.497 e. The third-order valence-electron chi connectivity index (χ3n) is 2.68. The van der Waals surface area contributed by atoms with Gasteiger partial charge in [-0.1, -0.05) is 13.3 Å². The summed E-state index contributed by atoms with van der Waals surface area (Å²) < 4.78 is 37.1. The van der Waals surface area contributed by atoms with Crippen LogP contribution in [0.2, 0.25) is 0 Å². The van der Waals surface area contributed by atoms with Crippen LogP contribution >= 0.6 is 0 Å². The average molecular weight is 283 g/mol. The van der Waals surface area contributed by atoms with E-state index in [2.05, 4.69) is 0 Å². The van der Waals surface area contributed by atoms with Gasteiger partial charge in [-0.25, -0.2) is 8.78 Å². The molecule has 4 nitrogen and oxygen atoms in total. The van der Waals surface area contributed by atoms with E-state index in [-0.39, 0.29) is 12.4 Å². The summed E-state index contributed by atoms with van der Waals surface area (Å²) in [4.78, 5) is 11.7. The quantitative estimate of drug-likeness (QED) is 0.595. The Labute approximate surface area is 115 Å². The Hall–Kier alpha value is -2.16. The van der Waals surface area contributed by atoms with Crippen molar-refractivity contribution in [3.8, 4) is 11.8 Å². The van der Waals surface area contributed by atoms with Crippen molar-refractivity contribution in [1.29, 1.82) is 5.26 Å². The fraction of sp³-hybridized carbons (Fsp3) is 0.429. The first kappa shape index (κ1) is 15.9. The zero-order chi connectivity index (χ0) is 15.1. The number of unbranched alkanes of at least 4 members (excludes halogenated alkanes) is 1. The molecule has 0 radical (unpaired) electrons. The van der Waals surface area contributed by atoms with Gasteiger partial charge in [0.15, 0.2) is 5.92 Å². The van der Waals surface area contributed by atoms with Crippen molar-refractivity contribution in [2.75, 3.05) is 13.7 Å². The molecule has 108 valence electrons. The monoisotopic (exact) mass is 283 g/mol. The number of rotatable bonds is 6. The fourth-order valence-electron chi connectivity index (χ4n) is 1.59. The van der Waals surface area contributed by atoms with E-state index in [1.54, 1.807) is 6.07 Å². The number of hydrogen-bond donors (Lipinski definition) is 0. The molecule has 0 saturated heterocycles. The molecule has 0 heterocycles. The molecule has 0 aromatic heterocycles. The summed E-state index contributed by atoms with van der Waals surface area (Å²) in [6.07, 6.45) is 1.42. The highest BCUT2D eigenvalue weighted by Crippen LogP contribution is 2.27. The van der Waals surface area contributed by atoms with Crippen LogP contribution in [-0.4, -0.2) is 19.7 Å². The highest BCUT2D eigenvalue weighted by atomic mass is 19.1. The lowest BCUT2D eigenvalue weighted by Gasteiger charge is -2.12. The average Bonchev–Trinajstić information content (AvgIpc) is 2.42. The van der Waals surface area contributed by atoms with E-state index in [9.17, 15) is 13.6 Å². The van der Waals surface area contributed by atoms with E-state index in [0.717, 1.165) is 18.6 Å². The summed E-state index contributed by atoms with van der Waals surface area (Å²) in [6.45, 7) is 2.02. The number of benzene rings is 1. The summed E-state index contributed by atoms with van der Waals surface area (Å²) in [5.74, 6) is -4.64. The van der Waals surface area contributed by atoms with Gasteiger partial charge in [0, 0.05) is 12.1 Å². The molecule has 0 spiro atoms. The maximum Gasteiger partial charge on any atom is 0.328 e. The molecule has 0 aliphatic heterocycles. The van der Waals surface area contributed by atoms with Crippen molar-refractivity contribution in [1.82, 2.24) is 0 Å². The number of esters is 1. The molecule has 1 atom stereocenters. The first-order chi connectivity index (χ1) is 9.54. The highest BCUT2D eigenvalue weighted by molar-refractivity contribution is 5.81. The van der Waals surface area contributed by atoms with Gasteiger partial charge in [-0.2, -0.15) is 5.26 Å². The Morgan fingerprint density at radius 2 is 2.00 bits per heavy atom. The van der Waals surface area contributed by atoms with Gasteiger partial charge in [-0.3, -0.25) is 4.79 Å². The lowest BCUT2D eigenvalue weighted by atomic mass is 9.99. The zero-order valence-corrected chi connectivity index (χ0v) is 11.3. The first-order valence-corrected chi connectivity index (χ1v) is 6.14. The van der Waals surface area contributed by atoms with Crippen LogP contribution in [0, 0.1) is 23.0 Å². The van der Waals surface area contributed by atoms with E-state index in [1.807, 2.05) is 6.92 Å². The number of halogens is 2. The Bertz CT molecular complexity index is 503. The zero-order valence-electron chi connectivity index (χ0n) is 11.3. The first-order valence-electron chi connectivity index (χ1n) is 6.14. The van der Waals surface area contributed by atoms with Crippen molar-refractivity contribution < 1.29 is 23.0 Å². The van der Waals surface area contributed by atoms with Crippen LogP contribution in [0.5, 0.6) is 5.75 Å². The Balaban J connectivity index is 3.01. The molecule has 1 aromatic rings. The third kappa shape index (κ3) is 3.67. The Morgan fingerprint density at radius 1 is 1.40 bits per heavy atom. The Morgan fingerprint density at radius 3 is 2.45 bits per heavy atom. The minimum atomic E-state index is -1.63. The number of methoxy groups -OCH3 is 1. The van der Waals surface area contributed by atoms with Crippen molar-refractivity contribution in [3.05, 3.63) is 29.3 Å². The van der Waals surface area contributed by atoms with Gasteiger partial charge >= 0.3 is 5.97 Å². The standard InChI is InChI=1S/C14H15F2NO3/c1-3-4-5-20-14(18)10(8-17)13-11(15)6-9(19-2)7-12(13)16/h6-7,10H,3-5H2,1-2H3. The SMILES string of the molecule is CCCCOC(=O)C(C#N)c1c(F)cc(OC)cc1F. The number of ether oxygens (including phenoxy) is 2. The second-order valence-electron chi connectivity index (χ2n) is 4.09. The maximum atomic E-state index is 13.8. The number of nitrogens with zero attached hydrogens (tertiary/aromatic N) is 1. The van der Waals surface area contributed by atoms with E-state index in [1.165, 1.54) is 7.11 Å². The number of hydrogen-bond acceptors (Lipinski definition) is 4. The lowest BCUT2D eigenvalue weighted by molar-refractivity contribution is -0.144. The smallest absolute Gasteiger partial charge is 0.328 e. The molecule has 1 rings (SSSR count). The molecule has 0 aliphatic carbocycles. The van der Waals surface area contributed by atoms with Gasteiger partial charge in [0.2, 0.25) is 0 Å². The topological polar surface area (TPSA) is 59.3 Å². The molecule has 20 heavy (non-hydrogen) atoms. The molecular formula is C14H15F2NO3. The van der Waals surface area contributed by atoms with Gasteiger partial charge in [0.25, 0.3) is 0 Å². The van der Waals surface area contributed by atoms with E-state index >= 15 is 0 Å². The number of carbonyl (C=O) groups is 1. The third-order valence-corrected chi connectivity index (χ3v) is 2.68. The summed E-state index contributed by atoms with van der Waals surface area (Å²) in [5, 5.41) is 8.97. The molecule has 0 bridgehead atoms. The minimum absolute atomic E-state index is 0.0280. The lowest BCUT2D eigenvalue weighted by Crippen LogP contribution is -2.18. The van der Waals surface area contributed by atoms with Gasteiger partial charge in [-0.05, 0) is 6.42 Å². The molecule has 0 aliphatic rings. The van der Waals surface area contributed by atoms with E-state index in [4.69, 9.17) is 14.7 Å². The van der Waals surface area contributed by atoms with Crippen LogP contribution in [0.1, 0.15) is 31.2 Å². The molecule has 0 N–H and O–H groups in total. The Kier molecular flexibility index (Phi) is 5.91. The molecular weight excluding hydrogens is 268 g/mol. The summed E-state index contributed by atoms with van der Waals surface area (Å²) >= 11 is 0. The van der Waals surface area contributed by atoms with Crippen LogP contribution in [0.15, 0.2) is 12.1 Å². The van der Waals surface area contributed by atoms with Gasteiger partial charge in [0.1, 0.15) is 17.4 Å². The van der Waals surface area contributed by atoms with Gasteiger partial charge in [-0.15, -0.1) is 0 Å². The fourth-order valence-corrected chi connectivity index (χ4v) is 1.59. The largest absolute Gasteiger partial charge is 0.497 e. The van der Waals surface area contributed by atoms with Crippen LogP contribution < -0.4 is 4.74 Å². The molecule has 1 aromatic carbocycles. The molecule has 1 unspecified atom stereocenters. The van der Waals surface area contributed by atoms with Gasteiger partial charge < -0.3 is 9.47 Å². The van der Waals surface area contributed by atoms with Crippen LogP contribution in [-0.2, 0) is 9.53 Å². The molecule has 6 heteroatoms. The predicted octanol–water partition coefficient (Wildman–Crippen LogP) is 2.92. The van der Waals surface area contributed by atoms with Crippen molar-refractivity contribution in [2.45, 2.75) is 25.7 Å². The van der Waals surface area contributed by atoms with Crippen molar-refractivity contribution in [2.24, 2.45) is 0 Å². The number of nitriles is 1. The predicted molar refractivity (Wildman–Crippen MR) is 67.1 cm³/mol. The summed E-state index contributed by atoms with van der Waals surface area (Å²) in [7, 11) is 1.26. The number of carbonyl (C=O) groups excluding carboxylic acids is 1. The molecule has 0 amide bonds. The second kappa shape index (κ2) is 7.43. The summed E-state index contributed by atoms with van der Waals surface area (Å²) in [5.41, 5.74) is -0.616. The summed E-state index contributed by atoms with van der Waals surface area (Å²) in [6, 6.07) is 3.41. The molecule has 0 saturated carbocycles. The van der Waals surface area contributed by atoms with Crippen molar-refractivity contribution in [3.63, 3.8) is 0 Å². The highest BCUT2D eigenvalue weighted by Gasteiger charge is 2.29. The normalized spacial score (nSPS) is 11.6. The van der Waals surface area contributed by atoms with Crippen LogP contribution in [0.4, 0.5) is 8.78 Å². The van der Waals surface area contributed by atoms with E-state index < -0.39 is 29.1 Å². The van der Waals surface area contributed by atoms with Crippen LogP contribution in [0.25, 0.3) is 0 Å². The second-order valence-corrected chi connectivity index (χ2v) is 4.09. The van der Waals surface area contributed by atoms with Crippen LogP contribution in [0.3, 0.4) is 0 Å². The van der Waals surface area contributed by atoms with E-state index in [0.29, 0.717) is 6.42 Å².